The van der Waals surface area contributed by atoms with Crippen molar-refractivity contribution < 1.29 is 9.59 Å². The minimum absolute atomic E-state index is 0.121. The first-order valence-corrected chi connectivity index (χ1v) is 8.40. The van der Waals surface area contributed by atoms with Crippen LogP contribution in [0, 0.1) is 5.92 Å². The average Bonchev–Trinajstić information content (AvgIpc) is 2.97. The van der Waals surface area contributed by atoms with Crippen molar-refractivity contribution in [3.05, 3.63) is 0 Å². The maximum absolute atomic E-state index is 12.6. The number of rotatable bonds is 7. The van der Waals surface area contributed by atoms with Crippen LogP contribution in [0.2, 0.25) is 0 Å². The molecule has 0 aromatic rings. The topological polar surface area (TPSA) is 52.7 Å². The van der Waals surface area contributed by atoms with E-state index >= 15 is 0 Å². The van der Waals surface area contributed by atoms with Gasteiger partial charge < -0.3 is 15.1 Å². The molecule has 5 heteroatoms. The normalized spacial score (nSPS) is 25.2. The van der Waals surface area contributed by atoms with Gasteiger partial charge in [0.25, 0.3) is 0 Å². The Morgan fingerprint density at radius 3 is 2.76 bits per heavy atom. The fourth-order valence-electron chi connectivity index (χ4n) is 3.32. The molecule has 0 aliphatic carbocycles. The van der Waals surface area contributed by atoms with E-state index in [0.717, 1.165) is 38.8 Å². The smallest absolute Gasteiger partial charge is 0.245 e. The molecule has 0 bridgehead atoms. The van der Waals surface area contributed by atoms with Gasteiger partial charge in [-0.2, -0.15) is 0 Å². The number of carbonyl (C=O) groups is 2. The summed E-state index contributed by atoms with van der Waals surface area (Å²) >= 11 is 0. The fourth-order valence-corrected chi connectivity index (χ4v) is 3.32. The van der Waals surface area contributed by atoms with Gasteiger partial charge in [0, 0.05) is 19.1 Å². The van der Waals surface area contributed by atoms with E-state index in [9.17, 15) is 9.59 Å². The highest BCUT2D eigenvalue weighted by Crippen LogP contribution is 2.24. The Bertz CT molecular complexity index is 386. The van der Waals surface area contributed by atoms with Gasteiger partial charge in [-0.05, 0) is 31.7 Å². The number of nitrogens with zero attached hydrogens (tertiary/aromatic N) is 2. The van der Waals surface area contributed by atoms with Crippen LogP contribution in [0.4, 0.5) is 0 Å². The molecule has 2 aliphatic heterocycles. The standard InChI is InChI=1S/C16H29N3O2/c1-4-8-17-13(12(3)5-2)10-18-11-15(20)19-9-6-7-14(19)16(18)21/h12-14,17H,4-11H2,1-3H3. The van der Waals surface area contributed by atoms with E-state index in [0.29, 0.717) is 12.5 Å². The lowest BCUT2D eigenvalue weighted by atomic mass is 9.97. The monoisotopic (exact) mass is 295 g/mol. The molecule has 2 rings (SSSR count). The van der Waals surface area contributed by atoms with Crippen molar-refractivity contribution in [2.45, 2.75) is 58.5 Å². The van der Waals surface area contributed by atoms with E-state index in [-0.39, 0.29) is 30.4 Å². The summed E-state index contributed by atoms with van der Waals surface area (Å²) < 4.78 is 0. The Labute approximate surface area is 128 Å². The van der Waals surface area contributed by atoms with E-state index in [1.165, 1.54) is 0 Å². The summed E-state index contributed by atoms with van der Waals surface area (Å²) in [6.07, 6.45) is 3.94. The van der Waals surface area contributed by atoms with E-state index in [1.807, 2.05) is 0 Å². The van der Waals surface area contributed by atoms with Crippen LogP contribution in [-0.4, -0.2) is 59.9 Å². The van der Waals surface area contributed by atoms with Crippen molar-refractivity contribution in [3.8, 4) is 0 Å². The molecule has 21 heavy (non-hydrogen) atoms. The second-order valence-electron chi connectivity index (χ2n) is 6.41. The number of piperazine rings is 1. The summed E-state index contributed by atoms with van der Waals surface area (Å²) in [6, 6.07) is 0.0923. The molecule has 0 aromatic carbocycles. The molecule has 3 unspecified atom stereocenters. The Kier molecular flexibility index (Phi) is 5.62. The van der Waals surface area contributed by atoms with E-state index in [2.05, 4.69) is 26.1 Å². The molecule has 120 valence electrons. The second-order valence-corrected chi connectivity index (χ2v) is 6.41. The van der Waals surface area contributed by atoms with Crippen LogP contribution >= 0.6 is 0 Å². The quantitative estimate of drug-likeness (QED) is 0.769. The number of hydrogen-bond acceptors (Lipinski definition) is 3. The van der Waals surface area contributed by atoms with Crippen molar-refractivity contribution in [1.82, 2.24) is 15.1 Å². The first-order valence-electron chi connectivity index (χ1n) is 8.40. The third-order valence-corrected chi connectivity index (χ3v) is 4.90. The highest BCUT2D eigenvalue weighted by atomic mass is 16.2. The molecule has 2 amide bonds. The van der Waals surface area contributed by atoms with Gasteiger partial charge >= 0.3 is 0 Å². The van der Waals surface area contributed by atoms with Gasteiger partial charge in [0.05, 0.1) is 6.54 Å². The Morgan fingerprint density at radius 1 is 1.33 bits per heavy atom. The zero-order valence-electron chi connectivity index (χ0n) is 13.6. The molecule has 0 saturated carbocycles. The lowest BCUT2D eigenvalue weighted by molar-refractivity contribution is -0.154. The summed E-state index contributed by atoms with van der Waals surface area (Å²) in [5, 5.41) is 3.54. The number of amides is 2. The predicted octanol–water partition coefficient (Wildman–Crippen LogP) is 1.23. The van der Waals surface area contributed by atoms with E-state index in [4.69, 9.17) is 0 Å². The fraction of sp³-hybridized carbons (Fsp3) is 0.875. The minimum atomic E-state index is -0.185. The van der Waals surface area contributed by atoms with Gasteiger partial charge in [-0.1, -0.05) is 27.2 Å². The van der Waals surface area contributed by atoms with Crippen molar-refractivity contribution >= 4 is 11.8 Å². The first-order chi connectivity index (χ1) is 10.1. The molecule has 2 saturated heterocycles. The van der Waals surface area contributed by atoms with Gasteiger partial charge in [-0.3, -0.25) is 9.59 Å². The molecule has 3 atom stereocenters. The molecule has 1 N–H and O–H groups in total. The molecular formula is C16H29N3O2. The van der Waals surface area contributed by atoms with Crippen molar-refractivity contribution in [1.29, 1.82) is 0 Å². The second kappa shape index (κ2) is 7.25. The summed E-state index contributed by atoms with van der Waals surface area (Å²) in [5.41, 5.74) is 0. The third kappa shape index (κ3) is 3.57. The predicted molar refractivity (Wildman–Crippen MR) is 82.9 cm³/mol. The SMILES string of the molecule is CCCNC(CN1CC(=O)N2CCCC2C1=O)C(C)CC. The molecule has 2 fully saturated rings. The summed E-state index contributed by atoms with van der Waals surface area (Å²) in [7, 11) is 0. The van der Waals surface area contributed by atoms with E-state index < -0.39 is 0 Å². The molecule has 2 aliphatic rings. The average molecular weight is 295 g/mol. The lowest BCUT2D eigenvalue weighted by Gasteiger charge is -2.39. The zero-order chi connectivity index (χ0) is 15.4. The largest absolute Gasteiger partial charge is 0.330 e. The number of hydrogen-bond donors (Lipinski definition) is 1. The number of fused-ring (bicyclic) bond motifs is 1. The van der Waals surface area contributed by atoms with Crippen LogP contribution in [0.15, 0.2) is 0 Å². The van der Waals surface area contributed by atoms with Crippen LogP contribution in [0.5, 0.6) is 0 Å². The molecular weight excluding hydrogens is 266 g/mol. The highest BCUT2D eigenvalue weighted by Gasteiger charge is 2.42. The minimum Gasteiger partial charge on any atom is -0.330 e. The van der Waals surface area contributed by atoms with Gasteiger partial charge in [0.1, 0.15) is 6.04 Å². The van der Waals surface area contributed by atoms with Crippen molar-refractivity contribution in [2.24, 2.45) is 5.92 Å². The van der Waals surface area contributed by atoms with Crippen LogP contribution in [0.1, 0.15) is 46.5 Å². The first kappa shape index (κ1) is 16.3. The van der Waals surface area contributed by atoms with Gasteiger partial charge in [0.15, 0.2) is 0 Å². The number of carbonyl (C=O) groups excluding carboxylic acids is 2. The Morgan fingerprint density at radius 2 is 2.10 bits per heavy atom. The third-order valence-electron chi connectivity index (χ3n) is 4.90. The van der Waals surface area contributed by atoms with Crippen molar-refractivity contribution in [3.63, 3.8) is 0 Å². The lowest BCUT2D eigenvalue weighted by Crippen LogP contribution is -2.60. The maximum atomic E-state index is 12.6. The maximum Gasteiger partial charge on any atom is 0.245 e. The molecule has 5 nitrogen and oxygen atoms in total. The zero-order valence-corrected chi connectivity index (χ0v) is 13.6. The summed E-state index contributed by atoms with van der Waals surface area (Å²) in [6.45, 7) is 9.16. The van der Waals surface area contributed by atoms with E-state index in [1.54, 1.807) is 9.80 Å². The molecule has 0 spiro atoms. The molecule has 0 radical (unpaired) electrons. The van der Waals surface area contributed by atoms with Crippen LogP contribution in [0.25, 0.3) is 0 Å². The summed E-state index contributed by atoms with van der Waals surface area (Å²) in [4.78, 5) is 28.3. The molecule has 2 heterocycles. The highest BCUT2D eigenvalue weighted by molar-refractivity contribution is 5.95. The van der Waals surface area contributed by atoms with Crippen LogP contribution < -0.4 is 5.32 Å². The Hall–Kier alpha value is -1.10. The molecule has 0 aromatic heterocycles. The van der Waals surface area contributed by atoms with Crippen LogP contribution in [-0.2, 0) is 9.59 Å². The van der Waals surface area contributed by atoms with Gasteiger partial charge in [-0.25, -0.2) is 0 Å². The van der Waals surface area contributed by atoms with Crippen molar-refractivity contribution in [2.75, 3.05) is 26.2 Å². The van der Waals surface area contributed by atoms with Gasteiger partial charge in [0.2, 0.25) is 11.8 Å². The summed E-state index contributed by atoms with van der Waals surface area (Å²) in [5.74, 6) is 0.773. The Balaban J connectivity index is 2.01. The number of nitrogens with one attached hydrogen (secondary N) is 1. The van der Waals surface area contributed by atoms with Crippen LogP contribution in [0.3, 0.4) is 0 Å². The van der Waals surface area contributed by atoms with Gasteiger partial charge in [-0.15, -0.1) is 0 Å².